The first-order valence-electron chi connectivity index (χ1n) is 7.56. The Morgan fingerprint density at radius 2 is 1.67 bits per heavy atom. The number of carbonyl (C=O) groups excluding carboxylic acids is 1. The lowest BCUT2D eigenvalue weighted by atomic mass is 9.99. The zero-order valence-corrected chi connectivity index (χ0v) is 12.9. The molecule has 3 rings (SSSR count). The average Bonchev–Trinajstić information content (AvgIpc) is 2.62. The highest BCUT2D eigenvalue weighted by Gasteiger charge is 2.17. The summed E-state index contributed by atoms with van der Waals surface area (Å²) >= 11 is 0. The summed E-state index contributed by atoms with van der Waals surface area (Å²) in [5.41, 5.74) is 2.53. The molecule has 5 heteroatoms. The van der Waals surface area contributed by atoms with Crippen LogP contribution < -0.4 is 5.32 Å². The first-order valence-corrected chi connectivity index (χ1v) is 7.56. The topological polar surface area (TPSA) is 54.9 Å². The van der Waals surface area contributed by atoms with E-state index in [9.17, 15) is 9.18 Å². The molecule has 0 aliphatic carbocycles. The summed E-state index contributed by atoms with van der Waals surface area (Å²) in [6, 6.07) is 13.1. The Labute approximate surface area is 139 Å². The normalized spacial score (nSPS) is 11.7. The Bertz CT molecular complexity index is 792. The van der Waals surface area contributed by atoms with Gasteiger partial charge in [0.2, 0.25) is 5.91 Å². The molecule has 2 aromatic heterocycles. The second-order valence-electron chi connectivity index (χ2n) is 5.37. The van der Waals surface area contributed by atoms with Gasteiger partial charge in [0.1, 0.15) is 5.82 Å². The lowest BCUT2D eigenvalue weighted by Crippen LogP contribution is -2.30. The van der Waals surface area contributed by atoms with Gasteiger partial charge in [-0.2, -0.15) is 0 Å². The zero-order chi connectivity index (χ0) is 16.8. The van der Waals surface area contributed by atoms with E-state index >= 15 is 0 Å². The van der Waals surface area contributed by atoms with Gasteiger partial charge in [-0.3, -0.25) is 14.8 Å². The van der Waals surface area contributed by atoms with E-state index in [-0.39, 0.29) is 24.2 Å². The summed E-state index contributed by atoms with van der Waals surface area (Å²) in [5.74, 6) is -0.442. The maximum absolute atomic E-state index is 13.2. The van der Waals surface area contributed by atoms with E-state index in [0.29, 0.717) is 0 Å². The maximum Gasteiger partial charge on any atom is 0.225 e. The minimum atomic E-state index is -0.363. The van der Waals surface area contributed by atoms with Crippen LogP contribution in [0.1, 0.15) is 22.7 Å². The van der Waals surface area contributed by atoms with Gasteiger partial charge in [-0.15, -0.1) is 0 Å². The molecule has 1 aromatic carbocycles. The van der Waals surface area contributed by atoms with Crippen molar-refractivity contribution in [2.24, 2.45) is 0 Å². The number of aromatic nitrogens is 2. The van der Waals surface area contributed by atoms with Crippen molar-refractivity contribution in [1.29, 1.82) is 0 Å². The van der Waals surface area contributed by atoms with E-state index in [0.717, 1.165) is 16.7 Å². The number of halogens is 1. The number of benzene rings is 1. The summed E-state index contributed by atoms with van der Waals surface area (Å²) in [6.07, 6.45) is 6.90. The standard InChI is InChI=1S/C19H16FN3O/c20-17-5-3-15(4-6-17)19(16-7-10-21-11-8-16)23-18(24)12-14-2-1-9-22-13-14/h1-11,13,19H,12H2,(H,23,24)/t19-/m1/s1. The lowest BCUT2D eigenvalue weighted by molar-refractivity contribution is -0.120. The zero-order valence-electron chi connectivity index (χ0n) is 12.9. The Balaban J connectivity index is 1.82. The van der Waals surface area contributed by atoms with Crippen molar-refractivity contribution >= 4 is 5.91 Å². The van der Waals surface area contributed by atoms with Gasteiger partial charge < -0.3 is 5.32 Å². The van der Waals surface area contributed by atoms with Crippen molar-refractivity contribution in [2.45, 2.75) is 12.5 Å². The van der Waals surface area contributed by atoms with Gasteiger partial charge >= 0.3 is 0 Å². The molecule has 2 heterocycles. The van der Waals surface area contributed by atoms with E-state index in [1.54, 1.807) is 43.0 Å². The van der Waals surface area contributed by atoms with Crippen molar-refractivity contribution in [1.82, 2.24) is 15.3 Å². The lowest BCUT2D eigenvalue weighted by Gasteiger charge is -2.20. The number of hydrogen-bond donors (Lipinski definition) is 1. The van der Waals surface area contributed by atoms with Gasteiger partial charge in [0.15, 0.2) is 0 Å². The highest BCUT2D eigenvalue weighted by Crippen LogP contribution is 2.22. The fraction of sp³-hybridized carbons (Fsp3) is 0.105. The van der Waals surface area contributed by atoms with Gasteiger partial charge in [-0.05, 0) is 47.0 Å². The number of hydrogen-bond acceptors (Lipinski definition) is 3. The first-order chi connectivity index (χ1) is 11.7. The van der Waals surface area contributed by atoms with Gasteiger partial charge in [0, 0.05) is 24.8 Å². The van der Waals surface area contributed by atoms with E-state index < -0.39 is 0 Å². The summed E-state index contributed by atoms with van der Waals surface area (Å²) in [4.78, 5) is 20.4. The van der Waals surface area contributed by atoms with E-state index in [1.807, 2.05) is 18.2 Å². The smallest absolute Gasteiger partial charge is 0.225 e. The monoisotopic (exact) mass is 321 g/mol. The Morgan fingerprint density at radius 1 is 0.958 bits per heavy atom. The summed E-state index contributed by atoms with van der Waals surface area (Å²) in [6.45, 7) is 0. The van der Waals surface area contributed by atoms with Crippen LogP contribution in [0, 0.1) is 5.82 Å². The molecule has 0 spiro atoms. The largest absolute Gasteiger partial charge is 0.345 e. The minimum absolute atomic E-state index is 0.130. The number of carbonyl (C=O) groups is 1. The highest BCUT2D eigenvalue weighted by atomic mass is 19.1. The molecule has 1 amide bonds. The molecule has 0 radical (unpaired) electrons. The Hall–Kier alpha value is -3.08. The van der Waals surface area contributed by atoms with Crippen molar-refractivity contribution in [3.63, 3.8) is 0 Å². The molecule has 0 aliphatic rings. The number of rotatable bonds is 5. The number of nitrogens with one attached hydrogen (secondary N) is 1. The van der Waals surface area contributed by atoms with Crippen LogP contribution in [-0.2, 0) is 11.2 Å². The predicted molar refractivity (Wildman–Crippen MR) is 88.6 cm³/mol. The second-order valence-corrected chi connectivity index (χ2v) is 5.37. The number of amides is 1. The molecule has 24 heavy (non-hydrogen) atoms. The third-order valence-electron chi connectivity index (χ3n) is 3.64. The fourth-order valence-electron chi connectivity index (χ4n) is 2.47. The molecular formula is C19H16FN3O. The third-order valence-corrected chi connectivity index (χ3v) is 3.64. The molecule has 0 aliphatic heterocycles. The summed E-state index contributed by atoms with van der Waals surface area (Å²) < 4.78 is 13.2. The molecule has 0 unspecified atom stereocenters. The van der Waals surface area contributed by atoms with E-state index in [1.165, 1.54) is 12.1 Å². The van der Waals surface area contributed by atoms with E-state index in [2.05, 4.69) is 15.3 Å². The van der Waals surface area contributed by atoms with Gasteiger partial charge in [-0.25, -0.2) is 4.39 Å². The number of nitrogens with zero attached hydrogens (tertiary/aromatic N) is 2. The molecule has 1 N–H and O–H groups in total. The van der Waals surface area contributed by atoms with E-state index in [4.69, 9.17) is 0 Å². The van der Waals surface area contributed by atoms with Crippen LogP contribution in [0.4, 0.5) is 4.39 Å². The van der Waals surface area contributed by atoms with Crippen molar-refractivity contribution in [2.75, 3.05) is 0 Å². The average molecular weight is 321 g/mol. The molecular weight excluding hydrogens is 305 g/mol. The van der Waals surface area contributed by atoms with Crippen LogP contribution in [0.5, 0.6) is 0 Å². The molecule has 1 atom stereocenters. The van der Waals surface area contributed by atoms with Crippen LogP contribution in [0.3, 0.4) is 0 Å². The summed E-state index contributed by atoms with van der Waals surface area (Å²) in [7, 11) is 0. The summed E-state index contributed by atoms with van der Waals surface area (Å²) in [5, 5.41) is 3.00. The van der Waals surface area contributed by atoms with Gasteiger partial charge in [-0.1, -0.05) is 18.2 Å². The van der Waals surface area contributed by atoms with Crippen LogP contribution in [0.25, 0.3) is 0 Å². The SMILES string of the molecule is O=C(Cc1cccnc1)N[C@@H](c1ccncc1)c1ccc(F)cc1. The highest BCUT2D eigenvalue weighted by molar-refractivity contribution is 5.79. The molecule has 3 aromatic rings. The molecule has 0 fully saturated rings. The first kappa shape index (κ1) is 15.8. The minimum Gasteiger partial charge on any atom is -0.345 e. The van der Waals surface area contributed by atoms with Gasteiger partial charge in [0.25, 0.3) is 0 Å². The van der Waals surface area contributed by atoms with Crippen molar-refractivity contribution < 1.29 is 9.18 Å². The Kier molecular flexibility index (Phi) is 4.91. The van der Waals surface area contributed by atoms with Crippen LogP contribution in [0.2, 0.25) is 0 Å². The van der Waals surface area contributed by atoms with Gasteiger partial charge in [0.05, 0.1) is 12.5 Å². The van der Waals surface area contributed by atoms with Crippen LogP contribution >= 0.6 is 0 Å². The number of pyridine rings is 2. The molecule has 0 saturated heterocycles. The van der Waals surface area contributed by atoms with Crippen LogP contribution in [-0.4, -0.2) is 15.9 Å². The molecule has 4 nitrogen and oxygen atoms in total. The quantitative estimate of drug-likeness (QED) is 0.786. The van der Waals surface area contributed by atoms with Crippen molar-refractivity contribution in [3.05, 3.63) is 95.8 Å². The molecule has 0 saturated carbocycles. The van der Waals surface area contributed by atoms with Crippen LogP contribution in [0.15, 0.2) is 73.3 Å². The molecule has 0 bridgehead atoms. The van der Waals surface area contributed by atoms with Crippen molar-refractivity contribution in [3.8, 4) is 0 Å². The third kappa shape index (κ3) is 4.01. The molecule has 120 valence electrons. The predicted octanol–water partition coefficient (Wildman–Crippen LogP) is 3.06. The fourth-order valence-corrected chi connectivity index (χ4v) is 2.47. The maximum atomic E-state index is 13.2. The second kappa shape index (κ2) is 7.46. The Morgan fingerprint density at radius 3 is 2.33 bits per heavy atom.